The highest BCUT2D eigenvalue weighted by atomic mass is 16.3. The zero-order valence-corrected chi connectivity index (χ0v) is 14.2. The van der Waals surface area contributed by atoms with Gasteiger partial charge in [0.05, 0.1) is 11.6 Å². The molecular weight excluding hydrogens is 282 g/mol. The average Bonchev–Trinajstić information content (AvgIpc) is 2.54. The monoisotopic (exact) mass is 309 g/mol. The summed E-state index contributed by atoms with van der Waals surface area (Å²) in [6.07, 6.45) is 1.99. The van der Waals surface area contributed by atoms with E-state index in [9.17, 15) is 5.11 Å². The lowest BCUT2D eigenvalue weighted by molar-refractivity contribution is -0.117. The lowest BCUT2D eigenvalue weighted by Gasteiger charge is -2.50. The lowest BCUT2D eigenvalue weighted by atomic mass is 9.83. The van der Waals surface area contributed by atoms with Crippen LogP contribution in [0.1, 0.15) is 43.9 Å². The lowest BCUT2D eigenvalue weighted by Crippen LogP contribution is -2.62. The van der Waals surface area contributed by atoms with E-state index in [-0.39, 0.29) is 6.04 Å². The van der Waals surface area contributed by atoms with Crippen LogP contribution >= 0.6 is 0 Å². The molecule has 0 amide bonds. The van der Waals surface area contributed by atoms with Crippen LogP contribution in [0.2, 0.25) is 0 Å². The molecule has 0 radical (unpaired) electrons. The molecule has 0 saturated carbocycles. The number of benzene rings is 2. The van der Waals surface area contributed by atoms with Gasteiger partial charge in [-0.2, -0.15) is 0 Å². The average molecular weight is 309 g/mol. The Labute approximate surface area is 139 Å². The SMILES string of the molecule is CC(C)CCC1(O)CN(C(c2ccccc2)c2ccccc2)C1. The fraction of sp³-hybridized carbons (Fsp3) is 0.429. The number of β-amino-alcohol motifs (C(OH)–C–C–N with tert-alkyl or cyclic N) is 1. The number of aliphatic hydroxyl groups is 1. The van der Waals surface area contributed by atoms with Crippen molar-refractivity contribution in [2.45, 2.75) is 38.3 Å². The Kier molecular flexibility index (Phi) is 4.84. The Morgan fingerprint density at radius 3 is 1.83 bits per heavy atom. The highest BCUT2D eigenvalue weighted by molar-refractivity contribution is 5.32. The van der Waals surface area contributed by atoms with Crippen molar-refractivity contribution >= 4 is 0 Å². The second-order valence-electron chi connectivity index (χ2n) is 7.29. The van der Waals surface area contributed by atoms with Crippen molar-refractivity contribution in [2.75, 3.05) is 13.1 Å². The number of hydrogen-bond acceptors (Lipinski definition) is 2. The Morgan fingerprint density at radius 1 is 0.913 bits per heavy atom. The van der Waals surface area contributed by atoms with Crippen LogP contribution in [0.3, 0.4) is 0 Å². The van der Waals surface area contributed by atoms with Gasteiger partial charge < -0.3 is 5.11 Å². The summed E-state index contributed by atoms with van der Waals surface area (Å²) in [6, 6.07) is 21.5. The van der Waals surface area contributed by atoms with Gasteiger partial charge in [0, 0.05) is 13.1 Å². The van der Waals surface area contributed by atoms with Crippen LogP contribution in [0.5, 0.6) is 0 Å². The quantitative estimate of drug-likeness (QED) is 0.862. The zero-order chi connectivity index (χ0) is 16.3. The summed E-state index contributed by atoms with van der Waals surface area (Å²) < 4.78 is 0. The van der Waals surface area contributed by atoms with Gasteiger partial charge in [-0.1, -0.05) is 74.5 Å². The van der Waals surface area contributed by atoms with Gasteiger partial charge in [0.2, 0.25) is 0 Å². The molecule has 122 valence electrons. The van der Waals surface area contributed by atoms with Gasteiger partial charge in [0.15, 0.2) is 0 Å². The Hall–Kier alpha value is -1.64. The van der Waals surface area contributed by atoms with Crippen molar-refractivity contribution in [3.63, 3.8) is 0 Å². The molecule has 0 aliphatic carbocycles. The summed E-state index contributed by atoms with van der Waals surface area (Å²) in [7, 11) is 0. The van der Waals surface area contributed by atoms with Crippen LogP contribution in [0.4, 0.5) is 0 Å². The van der Waals surface area contributed by atoms with Gasteiger partial charge in [-0.15, -0.1) is 0 Å². The summed E-state index contributed by atoms with van der Waals surface area (Å²) in [6.45, 7) is 5.95. The first-order valence-electron chi connectivity index (χ1n) is 8.64. The zero-order valence-electron chi connectivity index (χ0n) is 14.2. The standard InChI is InChI=1S/C21H27NO/c1-17(2)13-14-21(23)15-22(16-21)20(18-9-5-3-6-10-18)19-11-7-4-8-12-19/h3-12,17,20,23H,13-16H2,1-2H3. The van der Waals surface area contributed by atoms with E-state index in [1.165, 1.54) is 11.1 Å². The van der Waals surface area contributed by atoms with Crippen LogP contribution in [0.15, 0.2) is 60.7 Å². The maximum Gasteiger partial charge on any atom is 0.0900 e. The highest BCUT2D eigenvalue weighted by Crippen LogP contribution is 2.38. The summed E-state index contributed by atoms with van der Waals surface area (Å²) in [5.41, 5.74) is 2.08. The third-order valence-electron chi connectivity index (χ3n) is 4.78. The molecule has 0 atom stereocenters. The molecule has 2 nitrogen and oxygen atoms in total. The fourth-order valence-electron chi connectivity index (χ4n) is 3.49. The third-order valence-corrected chi connectivity index (χ3v) is 4.78. The predicted molar refractivity (Wildman–Crippen MR) is 95.3 cm³/mol. The van der Waals surface area contributed by atoms with Crippen molar-refractivity contribution < 1.29 is 5.11 Å². The van der Waals surface area contributed by atoms with Gasteiger partial charge in [0.1, 0.15) is 0 Å². The van der Waals surface area contributed by atoms with Crippen molar-refractivity contribution in [1.82, 2.24) is 4.90 Å². The van der Waals surface area contributed by atoms with E-state index in [1.54, 1.807) is 0 Å². The van der Waals surface area contributed by atoms with E-state index in [1.807, 2.05) is 0 Å². The molecule has 1 N–H and O–H groups in total. The second kappa shape index (κ2) is 6.86. The first-order valence-corrected chi connectivity index (χ1v) is 8.64. The fourth-order valence-corrected chi connectivity index (χ4v) is 3.49. The largest absolute Gasteiger partial charge is 0.387 e. The van der Waals surface area contributed by atoms with Crippen molar-refractivity contribution in [1.29, 1.82) is 0 Å². The minimum Gasteiger partial charge on any atom is -0.387 e. The maximum atomic E-state index is 10.7. The molecule has 1 aliphatic heterocycles. The smallest absolute Gasteiger partial charge is 0.0900 e. The first-order chi connectivity index (χ1) is 11.1. The number of likely N-dealkylation sites (tertiary alicyclic amines) is 1. The van der Waals surface area contributed by atoms with E-state index in [4.69, 9.17) is 0 Å². The number of rotatable bonds is 6. The molecular formula is C21H27NO. The Morgan fingerprint density at radius 2 is 1.39 bits per heavy atom. The topological polar surface area (TPSA) is 23.5 Å². The van der Waals surface area contributed by atoms with E-state index >= 15 is 0 Å². The van der Waals surface area contributed by atoms with Crippen LogP contribution in [0, 0.1) is 5.92 Å². The summed E-state index contributed by atoms with van der Waals surface area (Å²) in [4.78, 5) is 2.39. The van der Waals surface area contributed by atoms with Crippen LogP contribution < -0.4 is 0 Å². The molecule has 23 heavy (non-hydrogen) atoms. The normalized spacial score (nSPS) is 17.4. The van der Waals surface area contributed by atoms with Crippen molar-refractivity contribution in [3.8, 4) is 0 Å². The summed E-state index contributed by atoms with van der Waals surface area (Å²) in [5, 5.41) is 10.7. The molecule has 2 aromatic carbocycles. The van der Waals surface area contributed by atoms with E-state index < -0.39 is 5.60 Å². The minimum atomic E-state index is -0.508. The molecule has 1 saturated heterocycles. The molecule has 3 rings (SSSR count). The van der Waals surface area contributed by atoms with Crippen molar-refractivity contribution in [3.05, 3.63) is 71.8 Å². The first kappa shape index (κ1) is 16.2. The van der Waals surface area contributed by atoms with E-state index in [2.05, 4.69) is 79.4 Å². The van der Waals surface area contributed by atoms with Gasteiger partial charge >= 0.3 is 0 Å². The molecule has 0 spiro atoms. The molecule has 0 aromatic heterocycles. The molecule has 0 unspecified atom stereocenters. The van der Waals surface area contributed by atoms with E-state index in [0.717, 1.165) is 25.9 Å². The second-order valence-corrected chi connectivity index (χ2v) is 7.29. The molecule has 1 fully saturated rings. The van der Waals surface area contributed by atoms with Gasteiger partial charge in [-0.3, -0.25) is 4.90 Å². The van der Waals surface area contributed by atoms with Gasteiger partial charge in [-0.05, 0) is 29.9 Å². The molecule has 1 heterocycles. The van der Waals surface area contributed by atoms with Gasteiger partial charge in [-0.25, -0.2) is 0 Å². The maximum absolute atomic E-state index is 10.7. The Balaban J connectivity index is 1.77. The summed E-state index contributed by atoms with van der Waals surface area (Å²) in [5.74, 6) is 0.645. The summed E-state index contributed by atoms with van der Waals surface area (Å²) >= 11 is 0. The van der Waals surface area contributed by atoms with Crippen LogP contribution in [-0.2, 0) is 0 Å². The van der Waals surface area contributed by atoms with Crippen LogP contribution in [0.25, 0.3) is 0 Å². The highest BCUT2D eigenvalue weighted by Gasteiger charge is 2.44. The third kappa shape index (κ3) is 3.82. The Bertz CT molecular complexity index is 563. The predicted octanol–water partition coefficient (Wildman–Crippen LogP) is 4.26. The van der Waals surface area contributed by atoms with E-state index in [0.29, 0.717) is 5.92 Å². The molecule has 0 bridgehead atoms. The number of hydrogen-bond donors (Lipinski definition) is 1. The van der Waals surface area contributed by atoms with Crippen molar-refractivity contribution in [2.24, 2.45) is 5.92 Å². The molecule has 2 heteroatoms. The van der Waals surface area contributed by atoms with Gasteiger partial charge in [0.25, 0.3) is 0 Å². The minimum absolute atomic E-state index is 0.233. The molecule has 1 aliphatic rings. The van der Waals surface area contributed by atoms with Crippen LogP contribution in [-0.4, -0.2) is 28.7 Å². The molecule has 2 aromatic rings. The number of nitrogens with zero attached hydrogens (tertiary/aromatic N) is 1.